The van der Waals surface area contributed by atoms with Gasteiger partial charge < -0.3 is 5.73 Å². The maximum absolute atomic E-state index is 5.49. The maximum atomic E-state index is 5.49. The van der Waals surface area contributed by atoms with Crippen LogP contribution in [0.1, 0.15) is 41.5 Å². The Kier molecular flexibility index (Phi) is 5.03. The molecule has 0 radical (unpaired) electrons. The van der Waals surface area contributed by atoms with Gasteiger partial charge in [-0.05, 0) is 96.3 Å². The SMILES string of the molecule is Cc1ccc2c3c(ccc2c1C)C1=C(CCC=C1)CC3.Nc1ccc2cnccc2n1. The van der Waals surface area contributed by atoms with Crippen LogP contribution in [0.2, 0.25) is 0 Å². The monoisotopic (exact) mass is 405 g/mol. The molecule has 0 saturated carbocycles. The predicted molar refractivity (Wildman–Crippen MR) is 131 cm³/mol. The highest BCUT2D eigenvalue weighted by atomic mass is 14.8. The van der Waals surface area contributed by atoms with E-state index in [9.17, 15) is 0 Å². The van der Waals surface area contributed by atoms with E-state index in [0.717, 1.165) is 10.9 Å². The largest absolute Gasteiger partial charge is 0.384 e. The topological polar surface area (TPSA) is 51.8 Å². The fourth-order valence-electron chi connectivity index (χ4n) is 4.76. The summed E-state index contributed by atoms with van der Waals surface area (Å²) in [4.78, 5) is 8.08. The highest BCUT2D eigenvalue weighted by molar-refractivity contribution is 5.95. The van der Waals surface area contributed by atoms with Gasteiger partial charge in [0.1, 0.15) is 5.82 Å². The van der Waals surface area contributed by atoms with E-state index in [1.165, 1.54) is 58.7 Å². The molecule has 2 aromatic heterocycles. The first-order chi connectivity index (χ1) is 15.1. The van der Waals surface area contributed by atoms with Crippen LogP contribution in [0.4, 0.5) is 5.82 Å². The number of rotatable bonds is 0. The second kappa shape index (κ2) is 7.99. The number of nitrogens with two attached hydrogens (primary N) is 1. The minimum atomic E-state index is 0.545. The van der Waals surface area contributed by atoms with Crippen LogP contribution in [-0.4, -0.2) is 9.97 Å². The summed E-state index contributed by atoms with van der Waals surface area (Å²) in [6.07, 6.45) is 13.1. The highest BCUT2D eigenvalue weighted by Crippen LogP contribution is 2.40. The van der Waals surface area contributed by atoms with Crippen molar-refractivity contribution in [1.82, 2.24) is 9.97 Å². The fraction of sp³-hybridized carbons (Fsp3) is 0.214. The van der Waals surface area contributed by atoms with Crippen molar-refractivity contribution in [3.05, 3.63) is 94.8 Å². The van der Waals surface area contributed by atoms with Crippen molar-refractivity contribution in [1.29, 1.82) is 0 Å². The molecule has 0 atom stereocenters. The summed E-state index contributed by atoms with van der Waals surface area (Å²) in [6.45, 7) is 4.46. The molecule has 4 aromatic rings. The number of allylic oxidation sites excluding steroid dienone is 4. The van der Waals surface area contributed by atoms with Crippen LogP contribution in [0.5, 0.6) is 0 Å². The number of anilines is 1. The number of hydrogen-bond donors (Lipinski definition) is 1. The lowest BCUT2D eigenvalue weighted by Gasteiger charge is -2.26. The molecule has 3 heteroatoms. The average molecular weight is 406 g/mol. The zero-order chi connectivity index (χ0) is 21.4. The van der Waals surface area contributed by atoms with E-state index in [1.807, 2.05) is 12.1 Å². The Morgan fingerprint density at radius 3 is 2.65 bits per heavy atom. The van der Waals surface area contributed by atoms with Gasteiger partial charge >= 0.3 is 0 Å². The van der Waals surface area contributed by atoms with Crippen molar-refractivity contribution in [2.75, 3.05) is 5.73 Å². The quantitative estimate of drug-likeness (QED) is 0.353. The zero-order valence-electron chi connectivity index (χ0n) is 18.2. The molecule has 154 valence electrons. The van der Waals surface area contributed by atoms with Crippen LogP contribution in [0.25, 0.3) is 27.2 Å². The number of nitrogens with zero attached hydrogens (tertiary/aromatic N) is 2. The van der Waals surface area contributed by atoms with E-state index >= 15 is 0 Å². The third-order valence-corrected chi connectivity index (χ3v) is 6.61. The Hall–Kier alpha value is -3.46. The van der Waals surface area contributed by atoms with Gasteiger partial charge in [0.2, 0.25) is 0 Å². The van der Waals surface area contributed by atoms with Gasteiger partial charge in [-0.2, -0.15) is 0 Å². The summed E-state index contributed by atoms with van der Waals surface area (Å²) >= 11 is 0. The first-order valence-corrected chi connectivity index (χ1v) is 11.0. The number of aryl methyl sites for hydroxylation is 3. The van der Waals surface area contributed by atoms with Crippen LogP contribution in [-0.2, 0) is 6.42 Å². The van der Waals surface area contributed by atoms with Crippen molar-refractivity contribution < 1.29 is 0 Å². The Bertz CT molecular complexity index is 1360. The van der Waals surface area contributed by atoms with E-state index < -0.39 is 0 Å². The van der Waals surface area contributed by atoms with Crippen LogP contribution in [0.3, 0.4) is 0 Å². The van der Waals surface area contributed by atoms with Gasteiger partial charge in [-0.1, -0.05) is 42.0 Å². The Labute approximate surface area is 183 Å². The number of aromatic nitrogens is 2. The van der Waals surface area contributed by atoms with Crippen molar-refractivity contribution in [3.8, 4) is 0 Å². The summed E-state index contributed by atoms with van der Waals surface area (Å²) in [6, 6.07) is 14.8. The van der Waals surface area contributed by atoms with E-state index in [0.29, 0.717) is 5.82 Å². The molecule has 3 nitrogen and oxygen atoms in total. The van der Waals surface area contributed by atoms with Gasteiger partial charge in [0.15, 0.2) is 0 Å². The van der Waals surface area contributed by atoms with E-state index in [-0.39, 0.29) is 0 Å². The number of hydrogen-bond acceptors (Lipinski definition) is 3. The van der Waals surface area contributed by atoms with Crippen molar-refractivity contribution in [3.63, 3.8) is 0 Å². The Morgan fingerprint density at radius 1 is 0.871 bits per heavy atom. The molecule has 6 rings (SSSR count). The molecule has 2 aliphatic carbocycles. The number of nitrogen functional groups attached to an aromatic ring is 1. The minimum Gasteiger partial charge on any atom is -0.384 e. The molecular weight excluding hydrogens is 378 g/mol. The minimum absolute atomic E-state index is 0.545. The Balaban J connectivity index is 0.000000157. The molecule has 0 spiro atoms. The third-order valence-electron chi connectivity index (χ3n) is 6.61. The van der Waals surface area contributed by atoms with Crippen LogP contribution in [0, 0.1) is 13.8 Å². The lowest BCUT2D eigenvalue weighted by molar-refractivity contribution is 0.831. The molecule has 0 unspecified atom stereocenters. The highest BCUT2D eigenvalue weighted by Gasteiger charge is 2.20. The van der Waals surface area contributed by atoms with Crippen molar-refractivity contribution in [2.45, 2.75) is 39.5 Å². The zero-order valence-corrected chi connectivity index (χ0v) is 18.2. The predicted octanol–water partition coefficient (Wildman–Crippen LogP) is 6.72. The molecule has 2 heterocycles. The van der Waals surface area contributed by atoms with E-state index in [1.54, 1.807) is 29.6 Å². The summed E-state index contributed by atoms with van der Waals surface area (Å²) in [5.74, 6) is 0.545. The first-order valence-electron chi connectivity index (χ1n) is 11.0. The van der Waals surface area contributed by atoms with Gasteiger partial charge in [0, 0.05) is 17.8 Å². The number of benzene rings is 2. The van der Waals surface area contributed by atoms with Gasteiger partial charge in [-0.25, -0.2) is 4.98 Å². The lowest BCUT2D eigenvalue weighted by Crippen LogP contribution is -2.07. The third kappa shape index (κ3) is 3.61. The molecule has 0 bridgehead atoms. The smallest absolute Gasteiger partial charge is 0.124 e. The van der Waals surface area contributed by atoms with Gasteiger partial charge in [0.05, 0.1) is 5.52 Å². The first kappa shape index (κ1) is 19.5. The number of fused-ring (bicyclic) bond motifs is 5. The van der Waals surface area contributed by atoms with Gasteiger partial charge in [-0.15, -0.1) is 0 Å². The summed E-state index contributed by atoms with van der Waals surface area (Å²) < 4.78 is 0. The molecule has 31 heavy (non-hydrogen) atoms. The molecule has 2 aliphatic rings. The van der Waals surface area contributed by atoms with Gasteiger partial charge in [-0.3, -0.25) is 4.98 Å². The Morgan fingerprint density at radius 2 is 1.74 bits per heavy atom. The summed E-state index contributed by atoms with van der Waals surface area (Å²) in [5, 5.41) is 3.92. The van der Waals surface area contributed by atoms with Crippen LogP contribution in [0.15, 0.2) is 72.6 Å². The molecular formula is C28H27N3. The molecule has 2 N–H and O–H groups in total. The maximum Gasteiger partial charge on any atom is 0.124 e. The lowest BCUT2D eigenvalue weighted by atomic mass is 9.79. The molecule has 0 amide bonds. The second-order valence-electron chi connectivity index (χ2n) is 8.46. The van der Waals surface area contributed by atoms with E-state index in [2.05, 4.69) is 60.2 Å². The van der Waals surface area contributed by atoms with Crippen molar-refractivity contribution >= 4 is 33.1 Å². The average Bonchev–Trinajstić information content (AvgIpc) is 2.81. The molecule has 0 fully saturated rings. The standard InChI is InChI=1S/C20H20.C8H7N3/c1-13-7-9-18-16(14(13)2)11-12-19-17-6-4-3-5-15(17)8-10-20(18)19;9-8-2-1-6-5-10-4-3-7(6)11-8/h4,6-7,9,11-12H,3,5,8,10H2,1-2H3;1-5H,(H2,9,11). The molecule has 0 saturated heterocycles. The van der Waals surface area contributed by atoms with Crippen LogP contribution >= 0.6 is 0 Å². The van der Waals surface area contributed by atoms with E-state index in [4.69, 9.17) is 5.73 Å². The fourth-order valence-corrected chi connectivity index (χ4v) is 4.76. The van der Waals surface area contributed by atoms with Crippen LogP contribution < -0.4 is 5.73 Å². The van der Waals surface area contributed by atoms with Gasteiger partial charge in [0.25, 0.3) is 0 Å². The summed E-state index contributed by atoms with van der Waals surface area (Å²) in [5.41, 5.74) is 15.4. The summed E-state index contributed by atoms with van der Waals surface area (Å²) in [7, 11) is 0. The van der Waals surface area contributed by atoms with Crippen molar-refractivity contribution in [2.24, 2.45) is 0 Å². The molecule has 0 aliphatic heterocycles. The molecule has 2 aromatic carbocycles. The normalized spacial score (nSPS) is 14.8. The second-order valence-corrected chi connectivity index (χ2v) is 8.46. The number of pyridine rings is 2.